The molecule has 2 aromatic heterocycles. The van der Waals surface area contributed by atoms with Crippen LogP contribution in [0.4, 0.5) is 5.95 Å². The molecular formula is C10H14ClN5O. The van der Waals surface area contributed by atoms with Crippen molar-refractivity contribution in [1.82, 2.24) is 19.5 Å². The highest BCUT2D eigenvalue weighted by Crippen LogP contribution is 2.23. The first-order chi connectivity index (χ1) is 7.93. The smallest absolute Gasteiger partial charge is 0.223 e. The average Bonchev–Trinajstić information content (AvgIpc) is 2.61. The first-order valence-electron chi connectivity index (χ1n) is 5.18. The van der Waals surface area contributed by atoms with Crippen molar-refractivity contribution in [2.75, 3.05) is 12.3 Å². The van der Waals surface area contributed by atoms with Gasteiger partial charge >= 0.3 is 0 Å². The van der Waals surface area contributed by atoms with Crippen LogP contribution in [0.15, 0.2) is 6.33 Å². The molecule has 0 aromatic carbocycles. The fourth-order valence-corrected chi connectivity index (χ4v) is 1.77. The minimum Gasteiger partial charge on any atom is -0.396 e. The molecule has 0 radical (unpaired) electrons. The molecule has 0 aliphatic carbocycles. The van der Waals surface area contributed by atoms with Gasteiger partial charge in [0.15, 0.2) is 10.8 Å². The van der Waals surface area contributed by atoms with E-state index < -0.39 is 0 Å². The largest absolute Gasteiger partial charge is 0.396 e. The van der Waals surface area contributed by atoms with Crippen molar-refractivity contribution in [2.24, 2.45) is 5.41 Å². The third-order valence-electron chi connectivity index (χ3n) is 2.47. The van der Waals surface area contributed by atoms with Gasteiger partial charge in [-0.3, -0.25) is 0 Å². The number of nitrogen functional groups attached to an aromatic ring is 1. The Morgan fingerprint density at radius 1 is 1.47 bits per heavy atom. The Hall–Kier alpha value is -1.40. The number of aliphatic hydroxyl groups excluding tert-OH is 1. The molecule has 0 fully saturated rings. The van der Waals surface area contributed by atoms with E-state index >= 15 is 0 Å². The van der Waals surface area contributed by atoms with Crippen molar-refractivity contribution in [2.45, 2.75) is 20.4 Å². The van der Waals surface area contributed by atoms with Gasteiger partial charge in [-0.25, -0.2) is 4.98 Å². The number of nitrogens with two attached hydrogens (primary N) is 1. The highest BCUT2D eigenvalue weighted by atomic mass is 35.5. The maximum Gasteiger partial charge on any atom is 0.223 e. The number of hydrogen-bond acceptors (Lipinski definition) is 5. The van der Waals surface area contributed by atoms with E-state index in [-0.39, 0.29) is 23.1 Å². The Bertz CT molecular complexity index is 551. The van der Waals surface area contributed by atoms with Crippen molar-refractivity contribution in [1.29, 1.82) is 0 Å². The number of halogens is 1. The lowest BCUT2D eigenvalue weighted by atomic mass is 9.95. The molecule has 0 atom stereocenters. The van der Waals surface area contributed by atoms with Crippen LogP contribution in [0, 0.1) is 5.41 Å². The predicted octanol–water partition coefficient (Wildman–Crippen LogP) is 1.08. The highest BCUT2D eigenvalue weighted by molar-refractivity contribution is 6.33. The van der Waals surface area contributed by atoms with Gasteiger partial charge in [0.2, 0.25) is 5.95 Å². The summed E-state index contributed by atoms with van der Waals surface area (Å²) in [6.45, 7) is 4.55. The highest BCUT2D eigenvalue weighted by Gasteiger charge is 2.20. The van der Waals surface area contributed by atoms with Crippen molar-refractivity contribution >= 4 is 28.7 Å². The summed E-state index contributed by atoms with van der Waals surface area (Å²) in [5.41, 5.74) is 6.40. The maximum absolute atomic E-state index is 9.26. The number of aromatic nitrogens is 4. The average molecular weight is 256 g/mol. The Labute approximate surface area is 103 Å². The minimum atomic E-state index is -0.264. The summed E-state index contributed by atoms with van der Waals surface area (Å²) >= 11 is 5.92. The quantitative estimate of drug-likeness (QED) is 0.801. The van der Waals surface area contributed by atoms with Gasteiger partial charge in [0.1, 0.15) is 5.52 Å². The van der Waals surface area contributed by atoms with E-state index in [0.717, 1.165) is 0 Å². The number of imidazole rings is 1. The summed E-state index contributed by atoms with van der Waals surface area (Å²) in [6.07, 6.45) is 1.63. The van der Waals surface area contributed by atoms with E-state index in [1.807, 2.05) is 18.4 Å². The Kier molecular flexibility index (Phi) is 2.92. The van der Waals surface area contributed by atoms with Crippen molar-refractivity contribution < 1.29 is 5.11 Å². The van der Waals surface area contributed by atoms with Gasteiger partial charge in [-0.2, -0.15) is 9.97 Å². The van der Waals surface area contributed by atoms with Gasteiger partial charge < -0.3 is 15.4 Å². The predicted molar refractivity (Wildman–Crippen MR) is 65.6 cm³/mol. The number of anilines is 1. The molecule has 7 heteroatoms. The van der Waals surface area contributed by atoms with Crippen LogP contribution in [-0.2, 0) is 6.54 Å². The molecular weight excluding hydrogens is 242 g/mol. The molecule has 17 heavy (non-hydrogen) atoms. The fraction of sp³-hybridized carbons (Fsp3) is 0.500. The van der Waals surface area contributed by atoms with E-state index in [9.17, 15) is 5.11 Å². The number of aliphatic hydroxyl groups is 1. The zero-order valence-electron chi connectivity index (χ0n) is 9.68. The standard InChI is InChI=1S/C10H14ClN5O/c1-10(2,4-17)3-16-5-13-6-7(11)14-9(12)15-8(6)16/h5,17H,3-4H2,1-2H3,(H2,12,14,15). The summed E-state index contributed by atoms with van der Waals surface area (Å²) in [7, 11) is 0. The zero-order chi connectivity index (χ0) is 12.6. The summed E-state index contributed by atoms with van der Waals surface area (Å²) in [6, 6.07) is 0. The van der Waals surface area contributed by atoms with E-state index in [1.54, 1.807) is 6.33 Å². The first kappa shape index (κ1) is 12.1. The molecule has 2 rings (SSSR count). The lowest BCUT2D eigenvalue weighted by molar-refractivity contribution is 0.142. The molecule has 0 saturated carbocycles. The van der Waals surface area contributed by atoms with E-state index in [2.05, 4.69) is 15.0 Å². The number of hydrogen-bond donors (Lipinski definition) is 2. The number of rotatable bonds is 3. The molecule has 0 bridgehead atoms. The zero-order valence-corrected chi connectivity index (χ0v) is 10.4. The molecule has 6 nitrogen and oxygen atoms in total. The Balaban J connectivity index is 2.49. The first-order valence-corrected chi connectivity index (χ1v) is 5.55. The van der Waals surface area contributed by atoms with Gasteiger partial charge in [-0.15, -0.1) is 0 Å². The van der Waals surface area contributed by atoms with Crippen LogP contribution < -0.4 is 5.73 Å². The summed E-state index contributed by atoms with van der Waals surface area (Å²) in [4.78, 5) is 12.1. The van der Waals surface area contributed by atoms with E-state index in [0.29, 0.717) is 17.7 Å². The monoisotopic (exact) mass is 255 g/mol. The SMILES string of the molecule is CC(C)(CO)Cn1cnc2c(Cl)nc(N)nc21. The number of fused-ring (bicyclic) bond motifs is 1. The second-order valence-electron chi connectivity index (χ2n) is 4.74. The van der Waals surface area contributed by atoms with Gasteiger partial charge in [-0.1, -0.05) is 25.4 Å². The second-order valence-corrected chi connectivity index (χ2v) is 5.10. The molecule has 0 aliphatic heterocycles. The van der Waals surface area contributed by atoms with Crippen molar-refractivity contribution in [3.63, 3.8) is 0 Å². The van der Waals surface area contributed by atoms with Crippen LogP contribution in [0.1, 0.15) is 13.8 Å². The van der Waals surface area contributed by atoms with Crippen molar-refractivity contribution in [3.8, 4) is 0 Å². The molecule has 0 unspecified atom stereocenters. The Morgan fingerprint density at radius 3 is 2.82 bits per heavy atom. The molecule has 0 aliphatic rings. The lowest BCUT2D eigenvalue weighted by Crippen LogP contribution is -2.23. The summed E-state index contributed by atoms with van der Waals surface area (Å²) in [5.74, 6) is 0.117. The van der Waals surface area contributed by atoms with E-state index in [1.165, 1.54) is 0 Å². The van der Waals surface area contributed by atoms with E-state index in [4.69, 9.17) is 17.3 Å². The maximum atomic E-state index is 9.26. The van der Waals surface area contributed by atoms with Crippen LogP contribution in [0.2, 0.25) is 5.15 Å². The summed E-state index contributed by atoms with van der Waals surface area (Å²) in [5, 5.41) is 9.50. The topological polar surface area (TPSA) is 89.8 Å². The van der Waals surface area contributed by atoms with Crippen LogP contribution in [0.25, 0.3) is 11.2 Å². The molecule has 0 amide bonds. The third-order valence-corrected chi connectivity index (χ3v) is 2.73. The van der Waals surface area contributed by atoms with Crippen LogP contribution in [0.5, 0.6) is 0 Å². The normalized spacial score (nSPS) is 12.2. The molecule has 2 heterocycles. The molecule has 2 aromatic rings. The minimum absolute atomic E-state index is 0.0704. The van der Waals surface area contributed by atoms with Gasteiger partial charge in [-0.05, 0) is 0 Å². The lowest BCUT2D eigenvalue weighted by Gasteiger charge is -2.21. The fourth-order valence-electron chi connectivity index (χ4n) is 1.55. The molecule has 92 valence electrons. The second kappa shape index (κ2) is 4.12. The summed E-state index contributed by atoms with van der Waals surface area (Å²) < 4.78 is 1.81. The van der Waals surface area contributed by atoms with Crippen LogP contribution in [-0.4, -0.2) is 31.2 Å². The van der Waals surface area contributed by atoms with Gasteiger partial charge in [0.25, 0.3) is 0 Å². The van der Waals surface area contributed by atoms with Crippen LogP contribution in [0.3, 0.4) is 0 Å². The van der Waals surface area contributed by atoms with Crippen molar-refractivity contribution in [3.05, 3.63) is 11.5 Å². The molecule has 3 N–H and O–H groups in total. The Morgan fingerprint density at radius 2 is 2.18 bits per heavy atom. The van der Waals surface area contributed by atoms with Gasteiger partial charge in [0, 0.05) is 18.6 Å². The van der Waals surface area contributed by atoms with Crippen LogP contribution >= 0.6 is 11.6 Å². The number of nitrogens with zero attached hydrogens (tertiary/aromatic N) is 4. The molecule has 0 spiro atoms. The molecule has 0 saturated heterocycles. The third kappa shape index (κ3) is 2.32. The van der Waals surface area contributed by atoms with Gasteiger partial charge in [0.05, 0.1) is 6.33 Å².